The lowest BCUT2D eigenvalue weighted by Crippen LogP contribution is -1.97. The van der Waals surface area contributed by atoms with E-state index in [0.717, 1.165) is 30.6 Å². The van der Waals surface area contributed by atoms with Crippen LogP contribution in [0.15, 0.2) is 29.4 Å². The number of carbonyl (C=O) groups excluding carboxylic acids is 1. The van der Waals surface area contributed by atoms with Crippen molar-refractivity contribution in [3.63, 3.8) is 0 Å². The minimum atomic E-state index is 0.329. The first-order valence-electron chi connectivity index (χ1n) is 7.60. The largest absolute Gasteiger partial charge is 0.494 e. The third-order valence-electron chi connectivity index (χ3n) is 3.10. The molecule has 0 N–H and O–H groups in total. The highest BCUT2D eigenvalue weighted by Crippen LogP contribution is 2.14. The average Bonchev–Trinajstić information content (AvgIpc) is 2.52. The lowest BCUT2D eigenvalue weighted by atomic mass is 10.1. The summed E-state index contributed by atoms with van der Waals surface area (Å²) in [5.41, 5.74) is 0.977. The van der Waals surface area contributed by atoms with Gasteiger partial charge in [0.15, 0.2) is 0 Å². The summed E-state index contributed by atoms with van der Waals surface area (Å²) in [4.78, 5) is 14.8. The summed E-state index contributed by atoms with van der Waals surface area (Å²) in [5, 5.41) is 3.42. The van der Waals surface area contributed by atoms with Crippen LogP contribution in [0.1, 0.15) is 51.0 Å². The zero-order chi connectivity index (χ0) is 15.2. The molecule has 0 unspecified atom stereocenters. The van der Waals surface area contributed by atoms with Gasteiger partial charge >= 0.3 is 0 Å². The van der Waals surface area contributed by atoms with Gasteiger partial charge in [0.25, 0.3) is 0 Å². The summed E-state index contributed by atoms with van der Waals surface area (Å²) < 4.78 is 5.69. The van der Waals surface area contributed by atoms with Gasteiger partial charge in [-0.1, -0.05) is 56.3 Å². The molecule has 4 heteroatoms. The Hall–Kier alpha value is -1.84. The monoisotopic (exact) mass is 290 g/mol. The lowest BCUT2D eigenvalue weighted by Gasteiger charge is -2.07. The molecule has 0 fully saturated rings. The molecular formula is C17H24NO3. The van der Waals surface area contributed by atoms with Gasteiger partial charge in [0.05, 0.1) is 6.61 Å². The SMILES string of the molecule is CCCCCCCCOc1ccc(CON=C[C]=O)cc1. The first-order valence-corrected chi connectivity index (χ1v) is 7.60. The summed E-state index contributed by atoms with van der Waals surface area (Å²) in [6.45, 7) is 3.32. The molecule has 0 heterocycles. The maximum Gasteiger partial charge on any atom is 0.248 e. The smallest absolute Gasteiger partial charge is 0.248 e. The van der Waals surface area contributed by atoms with E-state index in [1.165, 1.54) is 38.4 Å². The highest BCUT2D eigenvalue weighted by molar-refractivity contribution is 6.13. The molecule has 21 heavy (non-hydrogen) atoms. The van der Waals surface area contributed by atoms with Crippen molar-refractivity contribution < 1.29 is 14.4 Å². The fourth-order valence-corrected chi connectivity index (χ4v) is 1.92. The van der Waals surface area contributed by atoms with E-state index in [9.17, 15) is 4.79 Å². The molecule has 0 aliphatic heterocycles. The number of hydrogen-bond donors (Lipinski definition) is 0. The second kappa shape index (κ2) is 11.9. The molecule has 0 aliphatic carbocycles. The zero-order valence-electron chi connectivity index (χ0n) is 12.7. The number of ether oxygens (including phenoxy) is 1. The standard InChI is InChI=1S/C17H24NO3/c1-2-3-4-5-6-7-14-20-17-10-8-16(9-11-17)15-21-18-12-13-19/h8-12H,2-7,14-15H2,1H3. The van der Waals surface area contributed by atoms with Crippen molar-refractivity contribution in [1.29, 1.82) is 0 Å². The van der Waals surface area contributed by atoms with Crippen LogP contribution in [-0.2, 0) is 16.2 Å². The number of hydrogen-bond acceptors (Lipinski definition) is 4. The van der Waals surface area contributed by atoms with Gasteiger partial charge in [-0.2, -0.15) is 0 Å². The predicted molar refractivity (Wildman–Crippen MR) is 84.3 cm³/mol. The topological polar surface area (TPSA) is 47.9 Å². The Morgan fingerprint density at radius 3 is 2.52 bits per heavy atom. The Morgan fingerprint density at radius 2 is 1.81 bits per heavy atom. The Bertz CT molecular complexity index is 401. The van der Waals surface area contributed by atoms with Crippen molar-refractivity contribution in [2.24, 2.45) is 5.16 Å². The molecular weight excluding hydrogens is 266 g/mol. The Morgan fingerprint density at radius 1 is 1.10 bits per heavy atom. The number of oxime groups is 1. The van der Waals surface area contributed by atoms with Gasteiger partial charge in [-0.3, -0.25) is 4.79 Å². The van der Waals surface area contributed by atoms with Crippen LogP contribution < -0.4 is 4.74 Å². The molecule has 0 aliphatic rings. The highest BCUT2D eigenvalue weighted by atomic mass is 16.6. The van der Waals surface area contributed by atoms with Crippen molar-refractivity contribution in [2.75, 3.05) is 6.61 Å². The van der Waals surface area contributed by atoms with E-state index in [1.54, 1.807) is 0 Å². The summed E-state index contributed by atoms with van der Waals surface area (Å²) in [5.74, 6) is 0.872. The number of unbranched alkanes of at least 4 members (excludes halogenated alkanes) is 5. The van der Waals surface area contributed by atoms with Gasteiger partial charge in [0.2, 0.25) is 6.29 Å². The molecule has 1 radical (unpaired) electrons. The quantitative estimate of drug-likeness (QED) is 0.331. The minimum Gasteiger partial charge on any atom is -0.494 e. The third kappa shape index (κ3) is 8.84. The molecule has 0 bridgehead atoms. The molecule has 0 spiro atoms. The fraction of sp³-hybridized carbons (Fsp3) is 0.529. The maximum atomic E-state index is 9.89. The first-order chi connectivity index (χ1) is 10.4. The maximum absolute atomic E-state index is 9.89. The van der Waals surface area contributed by atoms with Crippen LogP contribution in [0.25, 0.3) is 0 Å². The summed E-state index contributed by atoms with van der Waals surface area (Å²) in [6, 6.07) is 7.70. The third-order valence-corrected chi connectivity index (χ3v) is 3.10. The first kappa shape index (κ1) is 17.2. The molecule has 1 aromatic rings. The molecule has 4 nitrogen and oxygen atoms in total. The molecule has 115 valence electrons. The van der Waals surface area contributed by atoms with Gasteiger partial charge in [0, 0.05) is 0 Å². The van der Waals surface area contributed by atoms with Crippen LogP contribution in [-0.4, -0.2) is 19.1 Å². The summed E-state index contributed by atoms with van der Waals surface area (Å²) in [7, 11) is 0. The number of nitrogens with zero attached hydrogens (tertiary/aromatic N) is 1. The van der Waals surface area contributed by atoms with E-state index in [-0.39, 0.29) is 0 Å². The van der Waals surface area contributed by atoms with Crippen molar-refractivity contribution in [2.45, 2.75) is 52.1 Å². The van der Waals surface area contributed by atoms with Crippen LogP contribution >= 0.6 is 0 Å². The second-order valence-corrected chi connectivity index (χ2v) is 4.89. The normalized spacial score (nSPS) is 10.7. The molecule has 0 aromatic heterocycles. The van der Waals surface area contributed by atoms with Crippen molar-refractivity contribution in [3.05, 3.63) is 29.8 Å². The van der Waals surface area contributed by atoms with Gasteiger partial charge in [0.1, 0.15) is 18.6 Å². The van der Waals surface area contributed by atoms with Gasteiger partial charge in [-0.05, 0) is 24.1 Å². The van der Waals surface area contributed by atoms with Crippen LogP contribution in [0.4, 0.5) is 0 Å². The Labute approximate surface area is 127 Å². The number of benzene rings is 1. The summed E-state index contributed by atoms with van der Waals surface area (Å²) >= 11 is 0. The Kier molecular flexibility index (Phi) is 9.79. The zero-order valence-corrected chi connectivity index (χ0v) is 12.7. The van der Waals surface area contributed by atoms with Gasteiger partial charge in [-0.15, -0.1) is 0 Å². The van der Waals surface area contributed by atoms with Gasteiger partial charge in [-0.25, -0.2) is 0 Å². The average molecular weight is 290 g/mol. The van der Waals surface area contributed by atoms with Crippen molar-refractivity contribution >= 4 is 12.5 Å². The summed E-state index contributed by atoms with van der Waals surface area (Å²) in [6.07, 6.45) is 10.1. The Balaban J connectivity index is 2.13. The minimum absolute atomic E-state index is 0.329. The van der Waals surface area contributed by atoms with E-state index in [2.05, 4.69) is 12.1 Å². The van der Waals surface area contributed by atoms with Crippen molar-refractivity contribution in [1.82, 2.24) is 0 Å². The fourth-order valence-electron chi connectivity index (χ4n) is 1.92. The molecule has 0 atom stereocenters. The number of rotatable bonds is 12. The highest BCUT2D eigenvalue weighted by Gasteiger charge is 1.97. The van der Waals surface area contributed by atoms with E-state index >= 15 is 0 Å². The molecule has 1 aromatic carbocycles. The molecule has 0 saturated heterocycles. The molecule has 1 rings (SSSR count). The van der Waals surface area contributed by atoms with Crippen LogP contribution in [0.3, 0.4) is 0 Å². The van der Waals surface area contributed by atoms with Crippen LogP contribution in [0.5, 0.6) is 5.75 Å². The molecule has 0 saturated carbocycles. The van der Waals surface area contributed by atoms with Gasteiger partial charge < -0.3 is 9.57 Å². The van der Waals surface area contributed by atoms with Crippen LogP contribution in [0, 0.1) is 0 Å². The van der Waals surface area contributed by atoms with E-state index in [4.69, 9.17) is 9.57 Å². The van der Waals surface area contributed by atoms with Crippen molar-refractivity contribution in [3.8, 4) is 5.75 Å². The molecule has 0 amide bonds. The van der Waals surface area contributed by atoms with Crippen LogP contribution in [0.2, 0.25) is 0 Å². The lowest BCUT2D eigenvalue weighted by molar-refractivity contribution is 0.132. The van der Waals surface area contributed by atoms with E-state index < -0.39 is 0 Å². The van der Waals surface area contributed by atoms with E-state index in [0.29, 0.717) is 6.61 Å². The van der Waals surface area contributed by atoms with E-state index in [1.807, 2.05) is 24.3 Å². The predicted octanol–water partition coefficient (Wildman–Crippen LogP) is 4.04. The second-order valence-electron chi connectivity index (χ2n) is 4.89.